The second-order valence-corrected chi connectivity index (χ2v) is 5.09. The predicted molar refractivity (Wildman–Crippen MR) is 69.1 cm³/mol. The highest BCUT2D eigenvalue weighted by Gasteiger charge is 2.37. The summed E-state index contributed by atoms with van der Waals surface area (Å²) in [7, 11) is 1.53. The number of nitrogens with zero attached hydrogens (tertiary/aromatic N) is 4. The molecule has 0 radical (unpaired) electrons. The Kier molecular flexibility index (Phi) is 2.28. The van der Waals surface area contributed by atoms with Crippen LogP contribution < -0.4 is 10.4 Å². The molecule has 104 valence electrons. The number of fused-ring (bicyclic) bond motifs is 3. The maximum Gasteiger partial charge on any atom is 0.350 e. The lowest BCUT2D eigenvalue weighted by atomic mass is 10.1. The van der Waals surface area contributed by atoms with Gasteiger partial charge >= 0.3 is 5.69 Å². The highest BCUT2D eigenvalue weighted by atomic mass is 16.6. The van der Waals surface area contributed by atoms with Crippen LogP contribution >= 0.6 is 0 Å². The monoisotopic (exact) mass is 276 g/mol. The zero-order valence-electron chi connectivity index (χ0n) is 11.2. The molecule has 0 atom stereocenters. The van der Waals surface area contributed by atoms with Gasteiger partial charge in [-0.3, -0.25) is 10.1 Å². The van der Waals surface area contributed by atoms with Gasteiger partial charge in [-0.2, -0.15) is 5.10 Å². The first-order valence-corrected chi connectivity index (χ1v) is 5.95. The lowest BCUT2D eigenvalue weighted by Crippen LogP contribution is -2.36. The van der Waals surface area contributed by atoms with Crippen LogP contribution in [0.2, 0.25) is 0 Å². The molecule has 1 aromatic carbocycles. The van der Waals surface area contributed by atoms with Gasteiger partial charge in [-0.1, -0.05) is 0 Å². The number of hydrogen-bond donors (Lipinski definition) is 0. The summed E-state index contributed by atoms with van der Waals surface area (Å²) >= 11 is 0. The van der Waals surface area contributed by atoms with Crippen molar-refractivity contribution in [2.75, 3.05) is 0 Å². The summed E-state index contributed by atoms with van der Waals surface area (Å²) < 4.78 is 8.33. The quantitative estimate of drug-likeness (QED) is 0.574. The molecule has 0 spiro atoms. The molecule has 0 aliphatic carbocycles. The Bertz CT molecular complexity index is 787. The maximum absolute atomic E-state index is 12.2. The van der Waals surface area contributed by atoms with E-state index in [0.717, 1.165) is 0 Å². The summed E-state index contributed by atoms with van der Waals surface area (Å²) in [6.45, 7) is 3.57. The van der Waals surface area contributed by atoms with Gasteiger partial charge in [0.25, 0.3) is 5.69 Å². The van der Waals surface area contributed by atoms with Gasteiger partial charge in [-0.05, 0) is 19.9 Å². The molecule has 20 heavy (non-hydrogen) atoms. The number of nitro groups is 1. The lowest BCUT2D eigenvalue weighted by molar-refractivity contribution is -0.384. The minimum atomic E-state index is -0.788. The van der Waals surface area contributed by atoms with Gasteiger partial charge in [0.05, 0.1) is 4.92 Å². The molecule has 0 N–H and O–H groups in total. The number of rotatable bonds is 1. The van der Waals surface area contributed by atoms with E-state index in [1.54, 1.807) is 13.8 Å². The molecule has 1 aliphatic rings. The average molecular weight is 276 g/mol. The molecule has 0 fully saturated rings. The first-order chi connectivity index (χ1) is 9.31. The van der Waals surface area contributed by atoms with Crippen LogP contribution in [-0.2, 0) is 12.6 Å². The molecule has 0 amide bonds. The van der Waals surface area contributed by atoms with Crippen molar-refractivity contribution in [1.82, 2.24) is 14.3 Å². The van der Waals surface area contributed by atoms with Gasteiger partial charge in [-0.25, -0.2) is 14.0 Å². The van der Waals surface area contributed by atoms with Crippen molar-refractivity contribution in [3.63, 3.8) is 0 Å². The summed E-state index contributed by atoms with van der Waals surface area (Å²) in [5.41, 5.74) is -0.915. The zero-order valence-corrected chi connectivity index (χ0v) is 11.2. The van der Waals surface area contributed by atoms with Crippen LogP contribution in [0.15, 0.2) is 23.0 Å². The van der Waals surface area contributed by atoms with Crippen LogP contribution in [0.25, 0.3) is 5.69 Å². The number of non-ortho nitro benzene ring substituents is 1. The van der Waals surface area contributed by atoms with E-state index in [9.17, 15) is 14.9 Å². The largest absolute Gasteiger partial charge is 0.478 e. The molecule has 8 heteroatoms. The van der Waals surface area contributed by atoms with Crippen LogP contribution in [0.4, 0.5) is 5.69 Å². The van der Waals surface area contributed by atoms with Gasteiger partial charge in [0.2, 0.25) is 0 Å². The van der Waals surface area contributed by atoms with Crippen molar-refractivity contribution >= 4 is 5.69 Å². The maximum atomic E-state index is 12.2. The van der Waals surface area contributed by atoms with Crippen molar-refractivity contribution in [1.29, 1.82) is 0 Å². The van der Waals surface area contributed by atoms with Crippen molar-refractivity contribution in [3.8, 4) is 11.4 Å². The second kappa shape index (κ2) is 3.69. The smallest absolute Gasteiger partial charge is 0.350 e. The third kappa shape index (κ3) is 1.54. The van der Waals surface area contributed by atoms with Crippen LogP contribution in [-0.4, -0.2) is 19.3 Å². The molecule has 0 saturated heterocycles. The van der Waals surface area contributed by atoms with Gasteiger partial charge in [-0.15, -0.1) is 0 Å². The minimum absolute atomic E-state index is 0.103. The Morgan fingerprint density at radius 1 is 1.40 bits per heavy atom. The minimum Gasteiger partial charge on any atom is -0.478 e. The van der Waals surface area contributed by atoms with E-state index in [1.807, 2.05) is 0 Å². The Balaban J connectivity index is 2.36. The Labute approximate surface area is 113 Å². The van der Waals surface area contributed by atoms with E-state index in [4.69, 9.17) is 4.74 Å². The van der Waals surface area contributed by atoms with E-state index in [0.29, 0.717) is 17.3 Å². The summed E-state index contributed by atoms with van der Waals surface area (Å²) in [5, 5.41) is 15.0. The number of hydrogen-bond acceptors (Lipinski definition) is 5. The van der Waals surface area contributed by atoms with Crippen LogP contribution in [0.1, 0.15) is 19.7 Å². The fourth-order valence-electron chi connectivity index (χ4n) is 2.27. The molecule has 1 aliphatic heterocycles. The molecule has 3 rings (SSSR count). The third-order valence-electron chi connectivity index (χ3n) is 3.22. The summed E-state index contributed by atoms with van der Waals surface area (Å²) in [6, 6.07) is 4.16. The van der Waals surface area contributed by atoms with E-state index in [-0.39, 0.29) is 11.4 Å². The molecule has 1 aromatic heterocycles. The van der Waals surface area contributed by atoms with Crippen molar-refractivity contribution < 1.29 is 9.66 Å². The van der Waals surface area contributed by atoms with Crippen molar-refractivity contribution in [2.24, 2.45) is 7.05 Å². The zero-order chi connectivity index (χ0) is 14.7. The number of ether oxygens (including phenoxy) is 1. The second-order valence-electron chi connectivity index (χ2n) is 5.09. The van der Waals surface area contributed by atoms with Crippen LogP contribution in [0, 0.1) is 10.1 Å². The van der Waals surface area contributed by atoms with E-state index < -0.39 is 10.5 Å². The van der Waals surface area contributed by atoms with Gasteiger partial charge < -0.3 is 4.74 Å². The Hall–Kier alpha value is -2.64. The molecule has 0 saturated carbocycles. The standard InChI is InChI=1S/C12H12N4O4/c1-12(2)10-13-14(3)11(17)15(10)8-6-7(16(18)19)4-5-9(8)20-12/h4-6H,1-3H3. The first-order valence-electron chi connectivity index (χ1n) is 5.95. The van der Waals surface area contributed by atoms with Crippen molar-refractivity contribution in [3.05, 3.63) is 44.6 Å². The number of nitro benzene ring substituents is 1. The van der Waals surface area contributed by atoms with Crippen LogP contribution in [0.3, 0.4) is 0 Å². The van der Waals surface area contributed by atoms with E-state index in [2.05, 4.69) is 5.10 Å². The first kappa shape index (κ1) is 12.4. The third-order valence-corrected chi connectivity index (χ3v) is 3.22. The van der Waals surface area contributed by atoms with E-state index >= 15 is 0 Å². The van der Waals surface area contributed by atoms with Crippen LogP contribution in [0.5, 0.6) is 5.75 Å². The normalized spacial score (nSPS) is 15.2. The topological polar surface area (TPSA) is 92.2 Å². The van der Waals surface area contributed by atoms with Gasteiger partial charge in [0.15, 0.2) is 11.4 Å². The molecule has 2 heterocycles. The lowest BCUT2D eigenvalue weighted by Gasteiger charge is -2.31. The average Bonchev–Trinajstić information content (AvgIpc) is 2.67. The fourth-order valence-corrected chi connectivity index (χ4v) is 2.27. The molecule has 8 nitrogen and oxygen atoms in total. The van der Waals surface area contributed by atoms with Gasteiger partial charge in [0, 0.05) is 19.2 Å². The number of benzene rings is 1. The molecular weight excluding hydrogens is 264 g/mol. The number of aromatic nitrogens is 3. The molecule has 2 aromatic rings. The molecular formula is C12H12N4O4. The van der Waals surface area contributed by atoms with E-state index in [1.165, 1.54) is 34.5 Å². The SMILES string of the molecule is Cn1nc2n(c1=O)-c1cc([N+](=O)[O-])ccc1OC2(C)C. The highest BCUT2D eigenvalue weighted by Crippen LogP contribution is 2.38. The van der Waals surface area contributed by atoms with Crippen molar-refractivity contribution in [2.45, 2.75) is 19.4 Å². The predicted octanol–water partition coefficient (Wildman–Crippen LogP) is 1.11. The Morgan fingerprint density at radius 3 is 2.75 bits per heavy atom. The summed E-state index contributed by atoms with van der Waals surface area (Å²) in [4.78, 5) is 22.5. The van der Waals surface area contributed by atoms with Gasteiger partial charge in [0.1, 0.15) is 11.4 Å². The highest BCUT2D eigenvalue weighted by molar-refractivity contribution is 5.56. The Morgan fingerprint density at radius 2 is 2.10 bits per heavy atom. The number of aryl methyl sites for hydroxylation is 1. The molecule has 0 bridgehead atoms. The molecule has 0 unspecified atom stereocenters. The summed E-state index contributed by atoms with van der Waals surface area (Å²) in [6.07, 6.45) is 0. The summed E-state index contributed by atoms with van der Waals surface area (Å²) in [5.74, 6) is 0.834. The fraction of sp³-hybridized carbons (Fsp3) is 0.333.